The van der Waals surface area contributed by atoms with E-state index < -0.39 is 7.12 Å². The monoisotopic (exact) mass is 378 g/mol. The predicted molar refractivity (Wildman–Crippen MR) is 114 cm³/mol. The summed E-state index contributed by atoms with van der Waals surface area (Å²) in [5, 5.41) is 19.3. The zero-order valence-electron chi connectivity index (χ0n) is 17.4. The van der Waals surface area contributed by atoms with Gasteiger partial charge in [0.1, 0.15) is 11.5 Å². The molecule has 2 N–H and O–H groups in total. The van der Waals surface area contributed by atoms with E-state index in [0.717, 1.165) is 19.3 Å². The van der Waals surface area contributed by atoms with Gasteiger partial charge in [-0.3, -0.25) is 0 Å². The number of unbranched alkanes of at least 4 members (excludes halogenated alkanes) is 10. The van der Waals surface area contributed by atoms with Gasteiger partial charge in [0.25, 0.3) is 0 Å². The van der Waals surface area contributed by atoms with Crippen molar-refractivity contribution in [3.8, 4) is 11.5 Å². The zero-order chi connectivity index (χ0) is 19.7. The third-order valence-electron chi connectivity index (χ3n) is 4.78. The van der Waals surface area contributed by atoms with Gasteiger partial charge in [-0.2, -0.15) is 0 Å². The molecule has 0 saturated heterocycles. The molecule has 0 atom stereocenters. The first-order chi connectivity index (χ1) is 13.2. The molecule has 1 rings (SSSR count). The summed E-state index contributed by atoms with van der Waals surface area (Å²) in [6.45, 7) is 5.69. The Hall–Kier alpha value is -1.20. The van der Waals surface area contributed by atoms with Gasteiger partial charge in [-0.05, 0) is 31.0 Å². The van der Waals surface area contributed by atoms with Crippen molar-refractivity contribution in [2.45, 2.75) is 90.9 Å². The van der Waals surface area contributed by atoms with Gasteiger partial charge in [0, 0.05) is 5.46 Å². The Bertz CT molecular complexity index is 479. The lowest BCUT2D eigenvalue weighted by Crippen LogP contribution is -2.31. The van der Waals surface area contributed by atoms with Crippen LogP contribution in [0.15, 0.2) is 18.2 Å². The molecule has 0 aliphatic heterocycles. The first-order valence-electron chi connectivity index (χ1n) is 10.9. The van der Waals surface area contributed by atoms with Crippen LogP contribution in [-0.4, -0.2) is 30.4 Å². The number of hydrogen-bond donors (Lipinski definition) is 2. The fourth-order valence-corrected chi connectivity index (χ4v) is 3.09. The molecule has 154 valence electrons. The highest BCUT2D eigenvalue weighted by molar-refractivity contribution is 6.59. The average molecular weight is 378 g/mol. The largest absolute Gasteiger partial charge is 0.494 e. The molecule has 27 heavy (non-hydrogen) atoms. The highest BCUT2D eigenvalue weighted by Crippen LogP contribution is 2.17. The minimum atomic E-state index is -1.55. The van der Waals surface area contributed by atoms with Gasteiger partial charge in [-0.15, -0.1) is 0 Å². The molecular formula is C22H39BO4. The third-order valence-corrected chi connectivity index (χ3v) is 4.78. The van der Waals surface area contributed by atoms with E-state index in [2.05, 4.69) is 13.8 Å². The topological polar surface area (TPSA) is 58.9 Å². The van der Waals surface area contributed by atoms with Gasteiger partial charge in [0.15, 0.2) is 0 Å². The number of rotatable bonds is 17. The fourth-order valence-electron chi connectivity index (χ4n) is 3.09. The lowest BCUT2D eigenvalue weighted by molar-refractivity contribution is 0.296. The first kappa shape index (κ1) is 23.8. The standard InChI is InChI=1S/C22H39BO4/c1-3-5-7-9-11-13-17-26-20-15-16-22(21(19-20)23(24)25)27-18-14-12-10-8-6-4-2/h15-16,19,24-25H,3-14,17-18H2,1-2H3. The molecule has 0 spiro atoms. The zero-order valence-corrected chi connectivity index (χ0v) is 17.4. The van der Waals surface area contributed by atoms with Crippen LogP contribution in [0.4, 0.5) is 0 Å². The molecule has 1 aromatic carbocycles. The summed E-state index contributed by atoms with van der Waals surface area (Å²) in [6.07, 6.45) is 14.5. The van der Waals surface area contributed by atoms with E-state index in [0.29, 0.717) is 30.2 Å². The third kappa shape index (κ3) is 11.3. The summed E-state index contributed by atoms with van der Waals surface area (Å²) < 4.78 is 11.5. The second-order valence-corrected chi connectivity index (χ2v) is 7.31. The summed E-state index contributed by atoms with van der Waals surface area (Å²) in [4.78, 5) is 0. The van der Waals surface area contributed by atoms with Crippen molar-refractivity contribution in [2.75, 3.05) is 13.2 Å². The Kier molecular flexibility index (Phi) is 14.0. The van der Waals surface area contributed by atoms with Crippen LogP contribution in [0.5, 0.6) is 11.5 Å². The fraction of sp³-hybridized carbons (Fsp3) is 0.727. The van der Waals surface area contributed by atoms with E-state index in [-0.39, 0.29) is 0 Å². The van der Waals surface area contributed by atoms with E-state index in [1.54, 1.807) is 12.1 Å². The maximum Gasteiger partial charge on any atom is 0.492 e. The van der Waals surface area contributed by atoms with Crippen molar-refractivity contribution < 1.29 is 19.5 Å². The van der Waals surface area contributed by atoms with E-state index in [4.69, 9.17) is 9.47 Å². The van der Waals surface area contributed by atoms with Crippen LogP contribution in [0.25, 0.3) is 0 Å². The van der Waals surface area contributed by atoms with Crippen molar-refractivity contribution in [3.05, 3.63) is 18.2 Å². The van der Waals surface area contributed by atoms with E-state index in [9.17, 15) is 10.0 Å². The van der Waals surface area contributed by atoms with E-state index >= 15 is 0 Å². The van der Waals surface area contributed by atoms with Gasteiger partial charge >= 0.3 is 7.12 Å². The average Bonchev–Trinajstić information content (AvgIpc) is 2.67. The SMILES string of the molecule is CCCCCCCCOc1ccc(OCCCCCCCC)c(B(O)O)c1. The molecular weight excluding hydrogens is 339 g/mol. The maximum atomic E-state index is 9.64. The van der Waals surface area contributed by atoms with E-state index in [1.807, 2.05) is 6.07 Å². The van der Waals surface area contributed by atoms with Gasteiger partial charge in [0.05, 0.1) is 13.2 Å². The van der Waals surface area contributed by atoms with Crippen molar-refractivity contribution in [1.29, 1.82) is 0 Å². The highest BCUT2D eigenvalue weighted by atomic mass is 16.5. The first-order valence-corrected chi connectivity index (χ1v) is 10.9. The Morgan fingerprint density at radius 1 is 0.704 bits per heavy atom. The molecule has 0 bridgehead atoms. The minimum Gasteiger partial charge on any atom is -0.494 e. The van der Waals surface area contributed by atoms with Crippen LogP contribution >= 0.6 is 0 Å². The molecule has 0 aromatic heterocycles. The molecule has 0 heterocycles. The van der Waals surface area contributed by atoms with Crippen molar-refractivity contribution in [1.82, 2.24) is 0 Å². The van der Waals surface area contributed by atoms with Gasteiger partial charge < -0.3 is 19.5 Å². The summed E-state index contributed by atoms with van der Waals surface area (Å²) in [5.74, 6) is 1.20. The Morgan fingerprint density at radius 2 is 1.22 bits per heavy atom. The number of benzene rings is 1. The molecule has 0 fully saturated rings. The molecule has 4 nitrogen and oxygen atoms in total. The smallest absolute Gasteiger partial charge is 0.492 e. The normalized spacial score (nSPS) is 10.8. The number of ether oxygens (including phenoxy) is 2. The van der Waals surface area contributed by atoms with Crippen LogP contribution in [-0.2, 0) is 0 Å². The molecule has 0 radical (unpaired) electrons. The lowest BCUT2D eigenvalue weighted by Gasteiger charge is -2.13. The molecule has 5 heteroatoms. The lowest BCUT2D eigenvalue weighted by atomic mass is 9.79. The van der Waals surface area contributed by atoms with Crippen LogP contribution in [0.2, 0.25) is 0 Å². The van der Waals surface area contributed by atoms with Crippen molar-refractivity contribution in [2.24, 2.45) is 0 Å². The van der Waals surface area contributed by atoms with Gasteiger partial charge in [0.2, 0.25) is 0 Å². The van der Waals surface area contributed by atoms with Crippen molar-refractivity contribution >= 4 is 12.6 Å². The quantitative estimate of drug-likeness (QED) is 0.301. The maximum absolute atomic E-state index is 9.64. The van der Waals surface area contributed by atoms with Gasteiger partial charge in [-0.25, -0.2) is 0 Å². The second kappa shape index (κ2) is 15.8. The van der Waals surface area contributed by atoms with Crippen molar-refractivity contribution in [3.63, 3.8) is 0 Å². The Morgan fingerprint density at radius 3 is 1.78 bits per heavy atom. The summed E-state index contributed by atoms with van der Waals surface area (Å²) in [7, 11) is -1.55. The minimum absolute atomic E-state index is 0.376. The van der Waals surface area contributed by atoms with E-state index in [1.165, 1.54) is 57.8 Å². The number of hydrogen-bond acceptors (Lipinski definition) is 4. The molecule has 0 aliphatic rings. The van der Waals surface area contributed by atoms with Crippen LogP contribution in [0.3, 0.4) is 0 Å². The Labute approximate surface area is 166 Å². The summed E-state index contributed by atoms with van der Waals surface area (Å²) in [6, 6.07) is 5.31. The molecule has 0 amide bonds. The predicted octanol–water partition coefficient (Wildman–Crippen LogP) is 4.85. The summed E-state index contributed by atoms with van der Waals surface area (Å²) in [5.41, 5.74) is 0.376. The van der Waals surface area contributed by atoms with Crippen LogP contribution in [0.1, 0.15) is 90.9 Å². The van der Waals surface area contributed by atoms with Crippen LogP contribution < -0.4 is 14.9 Å². The summed E-state index contributed by atoms with van der Waals surface area (Å²) >= 11 is 0. The highest BCUT2D eigenvalue weighted by Gasteiger charge is 2.18. The molecule has 0 saturated carbocycles. The molecule has 1 aromatic rings. The Balaban J connectivity index is 2.34. The second-order valence-electron chi connectivity index (χ2n) is 7.31. The van der Waals surface area contributed by atoms with Gasteiger partial charge in [-0.1, -0.05) is 78.1 Å². The molecule has 0 unspecified atom stereocenters. The van der Waals surface area contributed by atoms with Crippen LogP contribution in [0, 0.1) is 0 Å². The molecule has 0 aliphatic carbocycles.